The largest absolute Gasteiger partial charge is 0.474 e. The van der Waals surface area contributed by atoms with Crippen LogP contribution in [0.3, 0.4) is 0 Å². The van der Waals surface area contributed by atoms with Gasteiger partial charge in [-0.25, -0.2) is 4.99 Å². The van der Waals surface area contributed by atoms with Gasteiger partial charge in [-0.15, -0.1) is 0 Å². The van der Waals surface area contributed by atoms with Crippen LogP contribution in [-0.4, -0.2) is 23.1 Å². The van der Waals surface area contributed by atoms with Gasteiger partial charge in [0.25, 0.3) is 0 Å². The van der Waals surface area contributed by atoms with Gasteiger partial charge in [-0.3, -0.25) is 0 Å². The van der Waals surface area contributed by atoms with Crippen molar-refractivity contribution in [2.45, 2.75) is 47.2 Å². The molecule has 1 aliphatic heterocycles. The second-order valence-corrected chi connectivity index (χ2v) is 6.96. The molecule has 23 heavy (non-hydrogen) atoms. The van der Waals surface area contributed by atoms with Gasteiger partial charge in [-0.2, -0.15) is 0 Å². The Labute approximate surface area is 139 Å². The minimum Gasteiger partial charge on any atom is -0.474 e. The molecule has 0 saturated carbocycles. The lowest BCUT2D eigenvalue weighted by atomic mass is 10.00. The molecule has 3 heteroatoms. The summed E-state index contributed by atoms with van der Waals surface area (Å²) in [6.07, 6.45) is 2.11. The Kier molecular flexibility index (Phi) is 4.29. The maximum absolute atomic E-state index is 5.86. The van der Waals surface area contributed by atoms with Crippen LogP contribution in [0.4, 0.5) is 0 Å². The Balaban J connectivity index is 1.90. The van der Waals surface area contributed by atoms with Crippen molar-refractivity contribution in [1.29, 1.82) is 0 Å². The number of benzene rings is 1. The molecule has 2 aromatic rings. The van der Waals surface area contributed by atoms with Gasteiger partial charge in [-0.1, -0.05) is 31.5 Å². The van der Waals surface area contributed by atoms with Crippen molar-refractivity contribution in [3.63, 3.8) is 0 Å². The molecule has 0 bridgehead atoms. The van der Waals surface area contributed by atoms with Gasteiger partial charge >= 0.3 is 0 Å². The number of aryl methyl sites for hydroxylation is 3. The highest BCUT2D eigenvalue weighted by molar-refractivity contribution is 5.93. The average molecular weight is 310 g/mol. The Morgan fingerprint density at radius 1 is 1.22 bits per heavy atom. The highest BCUT2D eigenvalue weighted by Gasteiger charge is 2.24. The third-order valence-electron chi connectivity index (χ3n) is 4.66. The van der Waals surface area contributed by atoms with Crippen LogP contribution in [0, 0.1) is 26.7 Å². The number of hydrogen-bond acceptors (Lipinski definition) is 2. The fourth-order valence-corrected chi connectivity index (χ4v) is 3.25. The molecular weight excluding hydrogens is 284 g/mol. The van der Waals surface area contributed by atoms with Gasteiger partial charge in [-0.05, 0) is 55.5 Å². The van der Waals surface area contributed by atoms with E-state index in [-0.39, 0.29) is 6.04 Å². The molecule has 122 valence electrons. The van der Waals surface area contributed by atoms with E-state index in [9.17, 15) is 0 Å². The molecule has 0 radical (unpaired) electrons. The SMILES string of the molecule is Cc1cc(C)c(Cn2cccc2C2=NC(C(C)C)CO2)c(C)c1. The average Bonchev–Trinajstić information content (AvgIpc) is 3.11. The van der Waals surface area contributed by atoms with Crippen LogP contribution in [-0.2, 0) is 11.3 Å². The smallest absolute Gasteiger partial charge is 0.233 e. The number of nitrogens with zero attached hydrogens (tertiary/aromatic N) is 2. The maximum Gasteiger partial charge on any atom is 0.233 e. The standard InChI is InChI=1S/C20H26N2O/c1-13(2)18-12-23-20(21-18)19-7-6-8-22(19)11-17-15(4)9-14(3)10-16(17)5/h6-10,13,18H,11-12H2,1-5H3. The van der Waals surface area contributed by atoms with E-state index >= 15 is 0 Å². The van der Waals surface area contributed by atoms with Crippen LogP contribution >= 0.6 is 0 Å². The molecule has 1 aromatic heterocycles. The number of aliphatic imine (C=N–C) groups is 1. The minimum absolute atomic E-state index is 0.274. The number of rotatable bonds is 4. The quantitative estimate of drug-likeness (QED) is 0.828. The summed E-state index contributed by atoms with van der Waals surface area (Å²) in [5.74, 6) is 1.30. The second kappa shape index (κ2) is 6.23. The van der Waals surface area contributed by atoms with E-state index in [1.165, 1.54) is 22.3 Å². The first kappa shape index (κ1) is 15.9. The Hall–Kier alpha value is -2.03. The molecule has 3 rings (SSSR count). The Bertz CT molecular complexity index is 717. The molecule has 1 aliphatic rings. The fourth-order valence-electron chi connectivity index (χ4n) is 3.25. The lowest BCUT2D eigenvalue weighted by molar-refractivity contribution is 0.290. The fraction of sp³-hybridized carbons (Fsp3) is 0.450. The molecule has 0 spiro atoms. The summed E-state index contributed by atoms with van der Waals surface area (Å²) >= 11 is 0. The first-order valence-corrected chi connectivity index (χ1v) is 8.38. The summed E-state index contributed by atoms with van der Waals surface area (Å²) < 4.78 is 8.10. The monoisotopic (exact) mass is 310 g/mol. The summed E-state index contributed by atoms with van der Waals surface area (Å²) in [6.45, 7) is 12.5. The third-order valence-corrected chi connectivity index (χ3v) is 4.66. The van der Waals surface area contributed by atoms with E-state index in [4.69, 9.17) is 9.73 Å². The molecule has 0 N–H and O–H groups in total. The highest BCUT2D eigenvalue weighted by atomic mass is 16.5. The predicted molar refractivity (Wildman–Crippen MR) is 95.3 cm³/mol. The van der Waals surface area contributed by atoms with Gasteiger partial charge in [0.05, 0.1) is 6.04 Å². The van der Waals surface area contributed by atoms with Gasteiger partial charge in [0.15, 0.2) is 0 Å². The molecule has 1 aromatic carbocycles. The van der Waals surface area contributed by atoms with Crippen molar-refractivity contribution in [1.82, 2.24) is 4.57 Å². The van der Waals surface area contributed by atoms with E-state index in [2.05, 4.69) is 69.6 Å². The van der Waals surface area contributed by atoms with Crippen LogP contribution < -0.4 is 0 Å². The van der Waals surface area contributed by atoms with E-state index in [1.807, 2.05) is 0 Å². The minimum atomic E-state index is 0.274. The van der Waals surface area contributed by atoms with E-state index in [0.29, 0.717) is 12.5 Å². The van der Waals surface area contributed by atoms with Gasteiger partial charge in [0, 0.05) is 12.7 Å². The number of ether oxygens (including phenoxy) is 1. The van der Waals surface area contributed by atoms with E-state index in [0.717, 1.165) is 18.1 Å². The van der Waals surface area contributed by atoms with Gasteiger partial charge in [0.2, 0.25) is 5.90 Å². The molecule has 2 heterocycles. The summed E-state index contributed by atoms with van der Waals surface area (Å²) in [7, 11) is 0. The normalized spacial score (nSPS) is 17.5. The summed E-state index contributed by atoms with van der Waals surface area (Å²) in [5, 5.41) is 0. The zero-order valence-electron chi connectivity index (χ0n) is 14.8. The van der Waals surface area contributed by atoms with Crippen LogP contribution in [0.1, 0.15) is 41.8 Å². The van der Waals surface area contributed by atoms with Crippen LogP contribution in [0.2, 0.25) is 0 Å². The highest BCUT2D eigenvalue weighted by Crippen LogP contribution is 2.21. The zero-order chi connectivity index (χ0) is 16.6. The van der Waals surface area contributed by atoms with Crippen molar-refractivity contribution >= 4 is 5.90 Å². The lowest BCUT2D eigenvalue weighted by Crippen LogP contribution is -2.13. The Morgan fingerprint density at radius 2 is 1.91 bits per heavy atom. The molecule has 0 saturated heterocycles. The first-order valence-electron chi connectivity index (χ1n) is 8.38. The lowest BCUT2D eigenvalue weighted by Gasteiger charge is -2.14. The van der Waals surface area contributed by atoms with E-state index < -0.39 is 0 Å². The summed E-state index contributed by atoms with van der Waals surface area (Å²) in [6, 6.07) is 8.95. The maximum atomic E-state index is 5.86. The van der Waals surface area contributed by atoms with Crippen molar-refractivity contribution in [3.8, 4) is 0 Å². The van der Waals surface area contributed by atoms with Crippen molar-refractivity contribution in [2.24, 2.45) is 10.9 Å². The van der Waals surface area contributed by atoms with Crippen molar-refractivity contribution < 1.29 is 4.74 Å². The molecule has 1 unspecified atom stereocenters. The van der Waals surface area contributed by atoms with Crippen LogP contribution in [0.15, 0.2) is 35.5 Å². The first-order chi connectivity index (χ1) is 11.0. The molecule has 0 aliphatic carbocycles. The number of hydrogen-bond donors (Lipinski definition) is 0. The zero-order valence-corrected chi connectivity index (χ0v) is 14.8. The van der Waals surface area contributed by atoms with Crippen LogP contribution in [0.25, 0.3) is 0 Å². The molecule has 0 amide bonds. The molecule has 3 nitrogen and oxygen atoms in total. The summed E-state index contributed by atoms with van der Waals surface area (Å²) in [5.41, 5.74) is 6.47. The Morgan fingerprint density at radius 3 is 2.52 bits per heavy atom. The summed E-state index contributed by atoms with van der Waals surface area (Å²) in [4.78, 5) is 4.76. The van der Waals surface area contributed by atoms with Gasteiger partial charge in [0.1, 0.15) is 12.3 Å². The van der Waals surface area contributed by atoms with Crippen LogP contribution in [0.5, 0.6) is 0 Å². The van der Waals surface area contributed by atoms with E-state index in [1.54, 1.807) is 0 Å². The predicted octanol–water partition coefficient (Wildman–Crippen LogP) is 4.26. The molecular formula is C20H26N2O. The number of aromatic nitrogens is 1. The topological polar surface area (TPSA) is 26.5 Å². The third kappa shape index (κ3) is 3.19. The molecule has 0 fully saturated rings. The molecule has 1 atom stereocenters. The van der Waals surface area contributed by atoms with Crippen molar-refractivity contribution in [3.05, 3.63) is 58.4 Å². The second-order valence-electron chi connectivity index (χ2n) is 6.96. The van der Waals surface area contributed by atoms with Gasteiger partial charge < -0.3 is 9.30 Å². The van der Waals surface area contributed by atoms with Crippen molar-refractivity contribution in [2.75, 3.05) is 6.61 Å².